The summed E-state index contributed by atoms with van der Waals surface area (Å²) < 4.78 is 2.00. The summed E-state index contributed by atoms with van der Waals surface area (Å²) in [7, 11) is 2.02. The molecule has 0 fully saturated rings. The summed E-state index contributed by atoms with van der Waals surface area (Å²) in [5.74, 6) is 0. The van der Waals surface area contributed by atoms with Crippen LogP contribution in [0.1, 0.15) is 11.3 Å². The highest BCUT2D eigenvalue weighted by Gasteiger charge is 2.19. The molecule has 0 radical (unpaired) electrons. The van der Waals surface area contributed by atoms with Gasteiger partial charge in [0, 0.05) is 55.8 Å². The maximum Gasteiger partial charge on any atom is 0.0986 e. The molecule has 4 heteroatoms. The molecule has 0 amide bonds. The molecule has 82 valence electrons. The quantitative estimate of drug-likeness (QED) is 0.773. The molecule has 0 bridgehead atoms. The Labute approximate surface area is 94.3 Å². The van der Waals surface area contributed by atoms with Crippen molar-refractivity contribution >= 4 is 0 Å². The van der Waals surface area contributed by atoms with E-state index in [9.17, 15) is 0 Å². The minimum Gasteiger partial charge on any atom is -0.312 e. The van der Waals surface area contributed by atoms with Gasteiger partial charge in [-0.3, -0.25) is 9.67 Å². The molecule has 0 aromatic carbocycles. The van der Waals surface area contributed by atoms with Crippen LogP contribution in [0.4, 0.5) is 0 Å². The van der Waals surface area contributed by atoms with Crippen molar-refractivity contribution in [3.8, 4) is 11.3 Å². The van der Waals surface area contributed by atoms with Crippen LogP contribution in [-0.4, -0.2) is 21.3 Å². The molecule has 2 aromatic heterocycles. The van der Waals surface area contributed by atoms with E-state index in [0.717, 1.165) is 30.8 Å². The molecule has 3 rings (SSSR count). The second-order valence-electron chi connectivity index (χ2n) is 4.07. The first-order valence-corrected chi connectivity index (χ1v) is 5.52. The topological polar surface area (TPSA) is 42.7 Å². The fourth-order valence-electron chi connectivity index (χ4n) is 2.26. The molecule has 2 aromatic rings. The molecule has 0 saturated carbocycles. The lowest BCUT2D eigenvalue weighted by atomic mass is 10.0. The lowest BCUT2D eigenvalue weighted by molar-refractivity contribution is 0.604. The molecule has 1 aliphatic rings. The van der Waals surface area contributed by atoms with Gasteiger partial charge in [0.25, 0.3) is 0 Å². The Hall–Kier alpha value is -1.68. The molecule has 3 heterocycles. The highest BCUT2D eigenvalue weighted by atomic mass is 15.3. The van der Waals surface area contributed by atoms with Crippen LogP contribution in [0.15, 0.2) is 24.5 Å². The predicted octanol–water partition coefficient (Wildman–Crippen LogP) is 1.13. The van der Waals surface area contributed by atoms with Gasteiger partial charge >= 0.3 is 0 Å². The summed E-state index contributed by atoms with van der Waals surface area (Å²) in [6.45, 7) is 1.95. The van der Waals surface area contributed by atoms with Crippen molar-refractivity contribution in [2.45, 2.75) is 13.0 Å². The molecular formula is C12H14N4. The molecule has 0 aliphatic carbocycles. The van der Waals surface area contributed by atoms with E-state index in [1.165, 1.54) is 11.3 Å². The van der Waals surface area contributed by atoms with Crippen molar-refractivity contribution < 1.29 is 0 Å². The van der Waals surface area contributed by atoms with Crippen molar-refractivity contribution in [2.75, 3.05) is 6.54 Å². The minimum absolute atomic E-state index is 0.910. The highest BCUT2D eigenvalue weighted by molar-refractivity contribution is 5.63. The third-order valence-electron chi connectivity index (χ3n) is 3.05. The number of aryl methyl sites for hydroxylation is 1. The lowest BCUT2D eigenvalue weighted by Gasteiger charge is -2.14. The standard InChI is InChI=1S/C12H14N4/c1-16-11-4-6-14-8-10(11)12(15-16)9-3-2-5-13-7-9/h2-3,5,7,14H,4,6,8H2,1H3. The number of rotatable bonds is 1. The summed E-state index contributed by atoms with van der Waals surface area (Å²) in [6, 6.07) is 4.01. The van der Waals surface area contributed by atoms with Gasteiger partial charge in [-0.25, -0.2) is 0 Å². The Balaban J connectivity index is 2.15. The second-order valence-corrected chi connectivity index (χ2v) is 4.07. The fraction of sp³-hybridized carbons (Fsp3) is 0.333. The Bertz CT molecular complexity index is 501. The number of nitrogens with one attached hydrogen (secondary N) is 1. The van der Waals surface area contributed by atoms with Crippen LogP contribution in [0.2, 0.25) is 0 Å². The van der Waals surface area contributed by atoms with E-state index >= 15 is 0 Å². The van der Waals surface area contributed by atoms with Crippen LogP contribution in [0.5, 0.6) is 0 Å². The van der Waals surface area contributed by atoms with Crippen LogP contribution in [-0.2, 0) is 20.0 Å². The molecule has 0 atom stereocenters. The number of aromatic nitrogens is 3. The monoisotopic (exact) mass is 214 g/mol. The average Bonchev–Trinajstić information content (AvgIpc) is 2.69. The van der Waals surface area contributed by atoms with Crippen molar-refractivity contribution in [3.05, 3.63) is 35.8 Å². The van der Waals surface area contributed by atoms with Gasteiger partial charge in [0.1, 0.15) is 0 Å². The van der Waals surface area contributed by atoms with Gasteiger partial charge in [0.15, 0.2) is 0 Å². The Morgan fingerprint density at radius 2 is 2.38 bits per heavy atom. The molecule has 1 N–H and O–H groups in total. The first kappa shape index (κ1) is 9.54. The van der Waals surface area contributed by atoms with Crippen molar-refractivity contribution in [3.63, 3.8) is 0 Å². The van der Waals surface area contributed by atoms with Gasteiger partial charge in [-0.05, 0) is 12.1 Å². The van der Waals surface area contributed by atoms with Crippen LogP contribution < -0.4 is 5.32 Å². The summed E-state index contributed by atoms with van der Waals surface area (Å²) in [5.41, 5.74) is 4.83. The Morgan fingerprint density at radius 1 is 1.44 bits per heavy atom. The molecule has 0 unspecified atom stereocenters. The average molecular weight is 214 g/mol. The number of pyridine rings is 1. The van der Waals surface area contributed by atoms with Crippen molar-refractivity contribution in [1.82, 2.24) is 20.1 Å². The molecular weight excluding hydrogens is 200 g/mol. The van der Waals surface area contributed by atoms with E-state index < -0.39 is 0 Å². The normalized spacial score (nSPS) is 14.8. The molecule has 16 heavy (non-hydrogen) atoms. The fourth-order valence-corrected chi connectivity index (χ4v) is 2.26. The van der Waals surface area contributed by atoms with Crippen LogP contribution in [0.25, 0.3) is 11.3 Å². The molecule has 1 aliphatic heterocycles. The zero-order valence-corrected chi connectivity index (χ0v) is 9.27. The van der Waals surface area contributed by atoms with Crippen molar-refractivity contribution in [1.29, 1.82) is 0 Å². The summed E-state index contributed by atoms with van der Waals surface area (Å²) in [4.78, 5) is 4.15. The largest absolute Gasteiger partial charge is 0.312 e. The lowest BCUT2D eigenvalue weighted by Crippen LogP contribution is -2.24. The number of hydrogen-bond donors (Lipinski definition) is 1. The van der Waals surface area contributed by atoms with Crippen LogP contribution >= 0.6 is 0 Å². The van der Waals surface area contributed by atoms with E-state index in [1.54, 1.807) is 6.20 Å². The molecule has 4 nitrogen and oxygen atoms in total. The summed E-state index contributed by atoms with van der Waals surface area (Å²) in [5, 5.41) is 7.99. The SMILES string of the molecule is Cn1nc(-c2cccnc2)c2c1CCNC2. The van der Waals surface area contributed by atoms with E-state index in [2.05, 4.69) is 21.5 Å². The molecule has 0 spiro atoms. The predicted molar refractivity (Wildman–Crippen MR) is 61.8 cm³/mol. The smallest absolute Gasteiger partial charge is 0.0986 e. The Kier molecular flexibility index (Phi) is 2.22. The van der Waals surface area contributed by atoms with E-state index in [4.69, 9.17) is 0 Å². The first-order chi connectivity index (χ1) is 7.86. The van der Waals surface area contributed by atoms with Gasteiger partial charge in [0.2, 0.25) is 0 Å². The number of nitrogens with zero attached hydrogens (tertiary/aromatic N) is 3. The van der Waals surface area contributed by atoms with E-state index in [1.807, 2.05) is 24.0 Å². The third-order valence-corrected chi connectivity index (χ3v) is 3.05. The maximum absolute atomic E-state index is 4.60. The van der Waals surface area contributed by atoms with Gasteiger partial charge < -0.3 is 5.32 Å². The first-order valence-electron chi connectivity index (χ1n) is 5.52. The number of fused-ring (bicyclic) bond motifs is 1. The van der Waals surface area contributed by atoms with E-state index in [-0.39, 0.29) is 0 Å². The zero-order valence-electron chi connectivity index (χ0n) is 9.27. The van der Waals surface area contributed by atoms with Gasteiger partial charge in [0.05, 0.1) is 5.69 Å². The number of hydrogen-bond acceptors (Lipinski definition) is 3. The molecule has 0 saturated heterocycles. The Morgan fingerprint density at radius 3 is 3.19 bits per heavy atom. The van der Waals surface area contributed by atoms with Gasteiger partial charge in [-0.1, -0.05) is 0 Å². The summed E-state index contributed by atoms with van der Waals surface area (Å²) in [6.07, 6.45) is 4.72. The van der Waals surface area contributed by atoms with Gasteiger partial charge in [-0.15, -0.1) is 0 Å². The third kappa shape index (κ3) is 1.42. The second kappa shape index (κ2) is 3.72. The van der Waals surface area contributed by atoms with Crippen LogP contribution in [0.3, 0.4) is 0 Å². The van der Waals surface area contributed by atoms with E-state index in [0.29, 0.717) is 0 Å². The highest BCUT2D eigenvalue weighted by Crippen LogP contribution is 2.26. The van der Waals surface area contributed by atoms with Crippen LogP contribution in [0, 0.1) is 0 Å². The minimum atomic E-state index is 0.910. The van der Waals surface area contributed by atoms with Crippen molar-refractivity contribution in [2.24, 2.45) is 7.05 Å². The van der Waals surface area contributed by atoms with Gasteiger partial charge in [-0.2, -0.15) is 5.10 Å². The summed E-state index contributed by atoms with van der Waals surface area (Å²) >= 11 is 0. The zero-order chi connectivity index (χ0) is 11.0. The maximum atomic E-state index is 4.60.